The molecule has 1 aliphatic rings. The van der Waals surface area contributed by atoms with Crippen molar-refractivity contribution >= 4 is 11.6 Å². The molecule has 0 radical (unpaired) electrons. The van der Waals surface area contributed by atoms with Crippen molar-refractivity contribution in [1.82, 2.24) is 0 Å². The highest BCUT2D eigenvalue weighted by Crippen LogP contribution is 2.28. The van der Waals surface area contributed by atoms with Gasteiger partial charge in [-0.1, -0.05) is 12.1 Å². The second-order valence-corrected chi connectivity index (χ2v) is 3.56. The Balaban J connectivity index is 2.36. The Morgan fingerprint density at radius 1 is 1.40 bits per heavy atom. The molecule has 1 fully saturated rings. The van der Waals surface area contributed by atoms with E-state index in [1.165, 1.54) is 17.0 Å². The van der Waals surface area contributed by atoms with Gasteiger partial charge in [0.2, 0.25) is 5.91 Å². The number of rotatable bonds is 2. The van der Waals surface area contributed by atoms with Gasteiger partial charge >= 0.3 is 0 Å². The molecule has 4 heteroatoms. The number of carbonyl (C=O) groups is 1. The fraction of sp³-hybridized carbons (Fsp3) is 0.364. The zero-order valence-electron chi connectivity index (χ0n) is 8.12. The van der Waals surface area contributed by atoms with E-state index in [4.69, 9.17) is 0 Å². The van der Waals surface area contributed by atoms with E-state index in [0.717, 1.165) is 0 Å². The standard InChI is InChI=1S/C11H11F2NO/c12-7-8-5-6-11(15)14(8)10-4-2-1-3-9(10)13/h1-4,8H,5-7H2/t8-/m1/s1. The smallest absolute Gasteiger partial charge is 0.227 e. The molecule has 0 bridgehead atoms. The summed E-state index contributed by atoms with van der Waals surface area (Å²) in [5.74, 6) is -0.686. The number of benzene rings is 1. The van der Waals surface area contributed by atoms with Gasteiger partial charge in [-0.2, -0.15) is 0 Å². The number of amides is 1. The highest BCUT2D eigenvalue weighted by molar-refractivity contribution is 5.96. The average Bonchev–Trinajstić information content (AvgIpc) is 2.60. The first-order valence-corrected chi connectivity index (χ1v) is 4.86. The summed E-state index contributed by atoms with van der Waals surface area (Å²) in [6.45, 7) is -0.625. The van der Waals surface area contributed by atoms with Crippen LogP contribution in [0.2, 0.25) is 0 Å². The summed E-state index contributed by atoms with van der Waals surface area (Å²) in [4.78, 5) is 12.7. The molecule has 1 amide bonds. The van der Waals surface area contributed by atoms with Crippen LogP contribution >= 0.6 is 0 Å². The summed E-state index contributed by atoms with van der Waals surface area (Å²) in [5.41, 5.74) is 0.183. The van der Waals surface area contributed by atoms with Crippen LogP contribution in [0.4, 0.5) is 14.5 Å². The minimum Gasteiger partial charge on any atom is -0.304 e. The van der Waals surface area contributed by atoms with Gasteiger partial charge in [-0.15, -0.1) is 0 Å². The Morgan fingerprint density at radius 3 is 2.80 bits per heavy atom. The molecule has 1 atom stereocenters. The first-order chi connectivity index (χ1) is 7.24. The van der Waals surface area contributed by atoms with E-state index in [1.54, 1.807) is 12.1 Å². The Kier molecular flexibility index (Phi) is 2.66. The van der Waals surface area contributed by atoms with E-state index >= 15 is 0 Å². The monoisotopic (exact) mass is 211 g/mol. The maximum absolute atomic E-state index is 13.4. The van der Waals surface area contributed by atoms with Gasteiger partial charge in [-0.3, -0.25) is 4.79 Å². The summed E-state index contributed by atoms with van der Waals surface area (Å²) < 4.78 is 26.0. The molecule has 0 saturated carbocycles. The predicted molar refractivity (Wildman–Crippen MR) is 52.9 cm³/mol. The van der Waals surface area contributed by atoms with Crippen molar-refractivity contribution in [3.63, 3.8) is 0 Å². The number of para-hydroxylation sites is 1. The highest BCUT2D eigenvalue weighted by Gasteiger charge is 2.33. The molecular formula is C11H11F2NO. The van der Waals surface area contributed by atoms with Crippen molar-refractivity contribution in [2.75, 3.05) is 11.6 Å². The molecule has 0 spiro atoms. The van der Waals surface area contributed by atoms with Gasteiger partial charge in [0.05, 0.1) is 11.7 Å². The number of alkyl halides is 1. The Hall–Kier alpha value is -1.45. The van der Waals surface area contributed by atoms with E-state index in [1.807, 2.05) is 0 Å². The molecule has 0 aromatic heterocycles. The zero-order valence-corrected chi connectivity index (χ0v) is 8.12. The van der Waals surface area contributed by atoms with Crippen molar-refractivity contribution in [1.29, 1.82) is 0 Å². The lowest BCUT2D eigenvalue weighted by Crippen LogP contribution is -2.34. The van der Waals surface area contributed by atoms with Gasteiger partial charge in [-0.05, 0) is 18.6 Å². The van der Waals surface area contributed by atoms with E-state index in [-0.39, 0.29) is 11.6 Å². The molecule has 1 saturated heterocycles. The molecule has 1 heterocycles. The van der Waals surface area contributed by atoms with Gasteiger partial charge in [0.1, 0.15) is 12.5 Å². The predicted octanol–water partition coefficient (Wildman–Crippen LogP) is 2.29. The molecule has 1 aliphatic heterocycles. The van der Waals surface area contributed by atoms with Crippen LogP contribution in [0, 0.1) is 5.82 Å². The highest BCUT2D eigenvalue weighted by atomic mass is 19.1. The maximum atomic E-state index is 13.4. The van der Waals surface area contributed by atoms with Gasteiger partial charge in [0.15, 0.2) is 0 Å². The SMILES string of the molecule is O=C1CC[C@H](CF)N1c1ccccc1F. The molecule has 0 aliphatic carbocycles. The normalized spacial score (nSPS) is 21.1. The molecular weight excluding hydrogens is 200 g/mol. The minimum absolute atomic E-state index is 0.183. The summed E-state index contributed by atoms with van der Waals surface area (Å²) in [5, 5.41) is 0. The Labute approximate surface area is 86.5 Å². The zero-order chi connectivity index (χ0) is 10.8. The molecule has 1 aromatic carbocycles. The van der Waals surface area contributed by atoms with Crippen LogP contribution in [0.15, 0.2) is 24.3 Å². The summed E-state index contributed by atoms with van der Waals surface area (Å²) in [7, 11) is 0. The molecule has 1 aromatic rings. The fourth-order valence-electron chi connectivity index (χ4n) is 1.87. The first kappa shape index (κ1) is 10.1. The van der Waals surface area contributed by atoms with Gasteiger partial charge in [0, 0.05) is 6.42 Å². The Bertz CT molecular complexity index is 381. The Morgan fingerprint density at radius 2 is 2.13 bits per heavy atom. The van der Waals surface area contributed by atoms with Gasteiger partial charge in [-0.25, -0.2) is 8.78 Å². The average molecular weight is 211 g/mol. The van der Waals surface area contributed by atoms with Crippen LogP contribution in [-0.4, -0.2) is 18.6 Å². The molecule has 2 rings (SSSR count). The van der Waals surface area contributed by atoms with Crippen molar-refractivity contribution in [3.05, 3.63) is 30.1 Å². The largest absolute Gasteiger partial charge is 0.304 e. The maximum Gasteiger partial charge on any atom is 0.227 e. The number of hydrogen-bond acceptors (Lipinski definition) is 1. The lowest BCUT2D eigenvalue weighted by molar-refractivity contribution is -0.117. The van der Waals surface area contributed by atoms with Crippen molar-refractivity contribution in [3.8, 4) is 0 Å². The quantitative estimate of drug-likeness (QED) is 0.735. The third-order valence-electron chi connectivity index (χ3n) is 2.62. The van der Waals surface area contributed by atoms with E-state index < -0.39 is 18.5 Å². The van der Waals surface area contributed by atoms with Crippen LogP contribution in [0.3, 0.4) is 0 Å². The van der Waals surface area contributed by atoms with Crippen LogP contribution in [-0.2, 0) is 4.79 Å². The summed E-state index contributed by atoms with van der Waals surface area (Å²) in [6.07, 6.45) is 0.757. The van der Waals surface area contributed by atoms with Gasteiger partial charge in [0.25, 0.3) is 0 Å². The molecule has 2 nitrogen and oxygen atoms in total. The number of anilines is 1. The number of carbonyl (C=O) groups excluding carboxylic acids is 1. The van der Waals surface area contributed by atoms with Crippen LogP contribution in [0.5, 0.6) is 0 Å². The van der Waals surface area contributed by atoms with E-state index in [0.29, 0.717) is 12.8 Å². The second-order valence-electron chi connectivity index (χ2n) is 3.56. The van der Waals surface area contributed by atoms with Crippen molar-refractivity contribution < 1.29 is 13.6 Å². The number of nitrogens with zero attached hydrogens (tertiary/aromatic N) is 1. The van der Waals surface area contributed by atoms with E-state index in [9.17, 15) is 13.6 Å². The lowest BCUT2D eigenvalue weighted by Gasteiger charge is -2.22. The van der Waals surface area contributed by atoms with Crippen LogP contribution in [0.1, 0.15) is 12.8 Å². The summed E-state index contributed by atoms with van der Waals surface area (Å²) in [6, 6.07) is 5.45. The third-order valence-corrected chi connectivity index (χ3v) is 2.62. The van der Waals surface area contributed by atoms with Crippen molar-refractivity contribution in [2.45, 2.75) is 18.9 Å². The number of halogens is 2. The molecule has 0 unspecified atom stereocenters. The van der Waals surface area contributed by atoms with E-state index in [2.05, 4.69) is 0 Å². The molecule has 15 heavy (non-hydrogen) atoms. The van der Waals surface area contributed by atoms with Gasteiger partial charge < -0.3 is 4.90 Å². The molecule has 80 valence electrons. The number of hydrogen-bond donors (Lipinski definition) is 0. The fourth-order valence-corrected chi connectivity index (χ4v) is 1.87. The van der Waals surface area contributed by atoms with Crippen LogP contribution < -0.4 is 4.90 Å². The third kappa shape index (κ3) is 1.71. The minimum atomic E-state index is -0.625. The molecule has 0 N–H and O–H groups in total. The van der Waals surface area contributed by atoms with Crippen molar-refractivity contribution in [2.24, 2.45) is 0 Å². The van der Waals surface area contributed by atoms with Crippen LogP contribution in [0.25, 0.3) is 0 Å². The first-order valence-electron chi connectivity index (χ1n) is 4.86. The topological polar surface area (TPSA) is 20.3 Å². The lowest BCUT2D eigenvalue weighted by atomic mass is 10.2. The summed E-state index contributed by atoms with van der Waals surface area (Å²) >= 11 is 0. The second kappa shape index (κ2) is 3.96.